The smallest absolute Gasteiger partial charge is 0.303 e. The summed E-state index contributed by atoms with van der Waals surface area (Å²) in [5.74, 6) is -1.20. The Hall–Kier alpha value is -2.11. The zero-order chi connectivity index (χ0) is 14.0. The van der Waals surface area contributed by atoms with Gasteiger partial charge in [0.2, 0.25) is 0 Å². The minimum atomic E-state index is -0.854. The van der Waals surface area contributed by atoms with Crippen LogP contribution in [0.5, 0.6) is 0 Å². The number of hydrogen-bond acceptors (Lipinski definition) is 3. The van der Waals surface area contributed by atoms with Gasteiger partial charge in [-0.25, -0.2) is 0 Å². The molecule has 2 rings (SSSR count). The predicted molar refractivity (Wildman–Crippen MR) is 68.1 cm³/mol. The second kappa shape index (κ2) is 5.26. The largest absolute Gasteiger partial charge is 0.481 e. The molecule has 102 valence electrons. The lowest BCUT2D eigenvalue weighted by Gasteiger charge is -2.15. The molecule has 2 N–H and O–H groups in total. The average molecular weight is 264 g/mol. The van der Waals surface area contributed by atoms with E-state index >= 15 is 0 Å². The zero-order valence-corrected chi connectivity index (χ0v) is 10.7. The Morgan fingerprint density at radius 3 is 2.84 bits per heavy atom. The first-order valence-electron chi connectivity index (χ1n) is 6.18. The summed E-state index contributed by atoms with van der Waals surface area (Å²) in [6, 6.07) is 3.19. The van der Waals surface area contributed by atoms with Gasteiger partial charge in [-0.3, -0.25) is 14.4 Å². The van der Waals surface area contributed by atoms with Crippen LogP contribution in [-0.4, -0.2) is 40.0 Å². The number of aromatic nitrogens is 1. The van der Waals surface area contributed by atoms with Crippen LogP contribution in [0.4, 0.5) is 0 Å². The monoisotopic (exact) mass is 264 g/mol. The molecule has 0 spiro atoms. The maximum absolute atomic E-state index is 12.2. The number of aliphatic carboxylic acids is 1. The van der Waals surface area contributed by atoms with E-state index in [1.807, 2.05) is 0 Å². The molecule has 0 aromatic carbocycles. The fourth-order valence-electron chi connectivity index (χ4n) is 2.34. The summed E-state index contributed by atoms with van der Waals surface area (Å²) in [4.78, 5) is 38.6. The van der Waals surface area contributed by atoms with Crippen LogP contribution < -0.4 is 5.56 Å². The predicted octanol–water partition coefficient (Wildman–Crippen LogP) is 0.620. The molecular weight excluding hydrogens is 248 g/mol. The van der Waals surface area contributed by atoms with Gasteiger partial charge in [-0.05, 0) is 31.4 Å². The molecule has 1 unspecified atom stereocenters. The quantitative estimate of drug-likeness (QED) is 0.837. The summed E-state index contributed by atoms with van der Waals surface area (Å²) in [5.41, 5.74) is 0.417. The maximum atomic E-state index is 12.2. The van der Waals surface area contributed by atoms with Crippen molar-refractivity contribution in [2.45, 2.75) is 19.8 Å². The molecule has 0 saturated carbocycles. The Labute approximate surface area is 110 Å². The first-order chi connectivity index (χ1) is 8.97. The Balaban J connectivity index is 2.09. The number of H-pyrrole nitrogens is 1. The number of nitrogens with zero attached hydrogens (tertiary/aromatic N) is 1. The SMILES string of the molecule is Cc1ccc(C(=O)N2CCC(CC(=O)O)C2)c(=O)[nH]1. The van der Waals surface area contributed by atoms with Crippen LogP contribution in [0.2, 0.25) is 0 Å². The van der Waals surface area contributed by atoms with E-state index in [2.05, 4.69) is 4.98 Å². The highest BCUT2D eigenvalue weighted by Gasteiger charge is 2.29. The molecule has 1 saturated heterocycles. The van der Waals surface area contributed by atoms with Gasteiger partial charge in [0.25, 0.3) is 11.5 Å². The standard InChI is InChI=1S/C13H16N2O4/c1-8-2-3-10(12(18)14-8)13(19)15-5-4-9(7-15)6-11(16)17/h2-3,9H,4-7H2,1H3,(H,14,18)(H,16,17). The molecule has 0 bridgehead atoms. The van der Waals surface area contributed by atoms with Gasteiger partial charge in [-0.1, -0.05) is 0 Å². The van der Waals surface area contributed by atoms with Gasteiger partial charge in [0, 0.05) is 25.2 Å². The first-order valence-corrected chi connectivity index (χ1v) is 6.18. The highest BCUT2D eigenvalue weighted by molar-refractivity contribution is 5.94. The number of aromatic amines is 1. The minimum Gasteiger partial charge on any atom is -0.481 e. The lowest BCUT2D eigenvalue weighted by molar-refractivity contribution is -0.138. The number of aryl methyl sites for hydroxylation is 1. The van der Waals surface area contributed by atoms with Gasteiger partial charge in [0.15, 0.2) is 0 Å². The molecule has 1 amide bonds. The summed E-state index contributed by atoms with van der Waals surface area (Å²) < 4.78 is 0. The van der Waals surface area contributed by atoms with Crippen LogP contribution >= 0.6 is 0 Å². The first kappa shape index (κ1) is 13.3. The lowest BCUT2D eigenvalue weighted by atomic mass is 10.1. The van der Waals surface area contributed by atoms with E-state index in [1.165, 1.54) is 6.07 Å². The molecule has 1 aliphatic rings. The van der Waals surface area contributed by atoms with Crippen molar-refractivity contribution >= 4 is 11.9 Å². The fraction of sp³-hybridized carbons (Fsp3) is 0.462. The molecule has 1 atom stereocenters. The van der Waals surface area contributed by atoms with Crippen molar-refractivity contribution in [3.05, 3.63) is 33.7 Å². The molecule has 1 aromatic rings. The van der Waals surface area contributed by atoms with Crippen molar-refractivity contribution in [1.82, 2.24) is 9.88 Å². The zero-order valence-electron chi connectivity index (χ0n) is 10.7. The van der Waals surface area contributed by atoms with E-state index in [0.717, 1.165) is 0 Å². The van der Waals surface area contributed by atoms with Gasteiger partial charge >= 0.3 is 5.97 Å². The Kier molecular flexibility index (Phi) is 3.69. The number of carbonyl (C=O) groups excluding carboxylic acids is 1. The molecule has 1 aromatic heterocycles. The summed E-state index contributed by atoms with van der Waals surface area (Å²) >= 11 is 0. The molecule has 1 fully saturated rings. The van der Waals surface area contributed by atoms with Gasteiger partial charge < -0.3 is 15.0 Å². The minimum absolute atomic E-state index is 0.0222. The van der Waals surface area contributed by atoms with E-state index in [-0.39, 0.29) is 23.8 Å². The molecule has 1 aliphatic heterocycles. The van der Waals surface area contributed by atoms with Gasteiger partial charge in [0.1, 0.15) is 5.56 Å². The summed E-state index contributed by atoms with van der Waals surface area (Å²) in [6.45, 7) is 2.65. The number of rotatable bonds is 3. The molecule has 2 heterocycles. The summed E-state index contributed by atoms with van der Waals surface area (Å²) in [6.07, 6.45) is 0.732. The van der Waals surface area contributed by atoms with E-state index < -0.39 is 11.5 Å². The van der Waals surface area contributed by atoms with E-state index in [1.54, 1.807) is 17.9 Å². The van der Waals surface area contributed by atoms with E-state index in [4.69, 9.17) is 5.11 Å². The third-order valence-corrected chi connectivity index (χ3v) is 3.32. The topological polar surface area (TPSA) is 90.5 Å². The van der Waals surface area contributed by atoms with Crippen molar-refractivity contribution < 1.29 is 14.7 Å². The number of amides is 1. The van der Waals surface area contributed by atoms with Crippen LogP contribution in [0.1, 0.15) is 28.9 Å². The molecule has 6 heteroatoms. The molecule has 0 radical (unpaired) electrons. The second-order valence-corrected chi connectivity index (χ2v) is 4.89. The maximum Gasteiger partial charge on any atom is 0.303 e. The van der Waals surface area contributed by atoms with Crippen molar-refractivity contribution in [2.24, 2.45) is 5.92 Å². The van der Waals surface area contributed by atoms with Crippen LogP contribution in [0.3, 0.4) is 0 Å². The number of carbonyl (C=O) groups is 2. The Morgan fingerprint density at radius 1 is 1.47 bits per heavy atom. The third-order valence-electron chi connectivity index (χ3n) is 3.32. The molecule has 0 aliphatic carbocycles. The summed E-state index contributed by atoms with van der Waals surface area (Å²) in [5, 5.41) is 8.73. The average Bonchev–Trinajstić information content (AvgIpc) is 2.75. The molecule has 19 heavy (non-hydrogen) atoms. The Bertz CT molecular complexity index is 564. The third kappa shape index (κ3) is 3.01. The van der Waals surface area contributed by atoms with Crippen LogP contribution in [0, 0.1) is 12.8 Å². The van der Waals surface area contributed by atoms with Gasteiger partial charge in [0.05, 0.1) is 0 Å². The molecular formula is C13H16N2O4. The van der Waals surface area contributed by atoms with Crippen molar-refractivity contribution in [3.63, 3.8) is 0 Å². The van der Waals surface area contributed by atoms with Crippen LogP contribution in [0.15, 0.2) is 16.9 Å². The normalized spacial score (nSPS) is 18.6. The second-order valence-electron chi connectivity index (χ2n) is 4.89. The Morgan fingerprint density at radius 2 is 2.21 bits per heavy atom. The van der Waals surface area contributed by atoms with Crippen LogP contribution in [-0.2, 0) is 4.79 Å². The van der Waals surface area contributed by atoms with E-state index in [9.17, 15) is 14.4 Å². The van der Waals surface area contributed by atoms with Gasteiger partial charge in [-0.2, -0.15) is 0 Å². The van der Waals surface area contributed by atoms with Crippen molar-refractivity contribution in [1.29, 1.82) is 0 Å². The van der Waals surface area contributed by atoms with E-state index in [0.29, 0.717) is 25.2 Å². The fourth-order valence-corrected chi connectivity index (χ4v) is 2.34. The number of hydrogen-bond donors (Lipinski definition) is 2. The highest BCUT2D eigenvalue weighted by Crippen LogP contribution is 2.20. The van der Waals surface area contributed by atoms with Crippen LogP contribution in [0.25, 0.3) is 0 Å². The number of nitrogens with one attached hydrogen (secondary N) is 1. The summed E-state index contributed by atoms with van der Waals surface area (Å²) in [7, 11) is 0. The lowest BCUT2D eigenvalue weighted by Crippen LogP contribution is -2.33. The van der Waals surface area contributed by atoms with Gasteiger partial charge in [-0.15, -0.1) is 0 Å². The number of likely N-dealkylation sites (tertiary alicyclic amines) is 1. The highest BCUT2D eigenvalue weighted by atomic mass is 16.4. The molecule has 6 nitrogen and oxygen atoms in total. The van der Waals surface area contributed by atoms with Crippen molar-refractivity contribution in [3.8, 4) is 0 Å². The number of carboxylic acids is 1. The number of carboxylic acid groups (broad SMARTS) is 1. The van der Waals surface area contributed by atoms with Crippen molar-refractivity contribution in [2.75, 3.05) is 13.1 Å². The number of pyridine rings is 1.